The molecule has 1 rings (SSSR count). The van der Waals surface area contributed by atoms with Crippen LogP contribution in [0.4, 0.5) is 0 Å². The largest absolute Gasteiger partial charge is 0.458 e. The highest BCUT2D eigenvalue weighted by Gasteiger charge is 2.35. The van der Waals surface area contributed by atoms with Crippen molar-refractivity contribution in [2.24, 2.45) is 0 Å². The Labute approximate surface area is 81.8 Å². The van der Waals surface area contributed by atoms with Gasteiger partial charge in [-0.25, -0.2) is 0 Å². The first-order valence-corrected chi connectivity index (χ1v) is 5.62. The van der Waals surface area contributed by atoms with Crippen LogP contribution in [0.5, 0.6) is 0 Å². The van der Waals surface area contributed by atoms with Crippen molar-refractivity contribution in [2.75, 3.05) is 5.33 Å². The molecule has 1 fully saturated rings. The van der Waals surface area contributed by atoms with Gasteiger partial charge in [0, 0.05) is 0 Å². The lowest BCUT2D eigenvalue weighted by Gasteiger charge is -2.27. The van der Waals surface area contributed by atoms with Crippen molar-refractivity contribution in [2.45, 2.75) is 44.6 Å². The number of alkyl halides is 1. The van der Waals surface area contributed by atoms with Crippen LogP contribution in [0.1, 0.15) is 39.0 Å². The summed E-state index contributed by atoms with van der Waals surface area (Å²) in [6.45, 7) is 2.09. The van der Waals surface area contributed by atoms with Gasteiger partial charge in [0.25, 0.3) is 0 Å². The van der Waals surface area contributed by atoms with Gasteiger partial charge in [-0.05, 0) is 32.1 Å². The number of carbonyl (C=O) groups excluding carboxylic acids is 1. The fourth-order valence-corrected chi connectivity index (χ4v) is 1.93. The summed E-state index contributed by atoms with van der Waals surface area (Å²) in [7, 11) is 0. The van der Waals surface area contributed by atoms with Gasteiger partial charge in [0.15, 0.2) is 0 Å². The van der Waals surface area contributed by atoms with Crippen LogP contribution in [0, 0.1) is 0 Å². The predicted octanol–water partition coefficient (Wildman–Crippen LogP) is 2.65. The maximum Gasteiger partial charge on any atom is 0.317 e. The molecule has 0 aromatic carbocycles. The van der Waals surface area contributed by atoms with Crippen LogP contribution in [0.25, 0.3) is 0 Å². The van der Waals surface area contributed by atoms with Gasteiger partial charge < -0.3 is 4.74 Å². The van der Waals surface area contributed by atoms with Crippen molar-refractivity contribution in [1.82, 2.24) is 0 Å². The summed E-state index contributed by atoms with van der Waals surface area (Å²) >= 11 is 3.10. The summed E-state index contributed by atoms with van der Waals surface area (Å²) in [5.41, 5.74) is -0.120. The molecule has 1 saturated carbocycles. The van der Waals surface area contributed by atoms with Crippen molar-refractivity contribution in [3.63, 3.8) is 0 Å². The molecule has 0 saturated heterocycles. The minimum absolute atomic E-state index is 0.120. The van der Waals surface area contributed by atoms with Crippen molar-refractivity contribution in [3.05, 3.63) is 0 Å². The number of ether oxygens (including phenoxy) is 1. The Kier molecular flexibility index (Phi) is 3.56. The molecule has 0 amide bonds. The number of rotatable bonds is 3. The third-order valence-electron chi connectivity index (χ3n) is 2.60. The molecule has 0 aromatic rings. The average molecular weight is 235 g/mol. The summed E-state index contributed by atoms with van der Waals surface area (Å²) in [5, 5.41) is 0.314. The van der Waals surface area contributed by atoms with Gasteiger partial charge in [0.2, 0.25) is 0 Å². The first kappa shape index (κ1) is 10.0. The molecule has 0 unspecified atom stereocenters. The van der Waals surface area contributed by atoms with Gasteiger partial charge >= 0.3 is 5.97 Å². The Hall–Kier alpha value is -0.0500. The lowest BCUT2D eigenvalue weighted by Crippen LogP contribution is -2.31. The lowest BCUT2D eigenvalue weighted by molar-refractivity contribution is -0.156. The minimum Gasteiger partial charge on any atom is -0.458 e. The van der Waals surface area contributed by atoms with E-state index in [1.807, 2.05) is 0 Å². The monoisotopic (exact) mass is 234 g/mol. The quantitative estimate of drug-likeness (QED) is 0.555. The zero-order chi connectivity index (χ0) is 9.03. The first-order valence-electron chi connectivity index (χ1n) is 4.50. The van der Waals surface area contributed by atoms with E-state index < -0.39 is 0 Å². The minimum atomic E-state index is -0.126. The van der Waals surface area contributed by atoms with Gasteiger partial charge in [0.1, 0.15) is 10.9 Å². The number of hydrogen-bond donors (Lipinski definition) is 0. The van der Waals surface area contributed by atoms with Gasteiger partial charge in [0.05, 0.1) is 0 Å². The molecule has 0 radical (unpaired) electrons. The summed E-state index contributed by atoms with van der Waals surface area (Å²) in [6.07, 6.45) is 5.43. The molecule has 0 heterocycles. The van der Waals surface area contributed by atoms with E-state index in [0.717, 1.165) is 19.3 Å². The van der Waals surface area contributed by atoms with Crippen LogP contribution in [-0.2, 0) is 9.53 Å². The summed E-state index contributed by atoms with van der Waals surface area (Å²) < 4.78 is 5.41. The molecule has 0 aliphatic heterocycles. The van der Waals surface area contributed by atoms with E-state index >= 15 is 0 Å². The Bertz CT molecular complexity index is 162. The normalized spacial score (nSPS) is 20.8. The Morgan fingerprint density at radius 3 is 2.50 bits per heavy atom. The van der Waals surface area contributed by atoms with Crippen molar-refractivity contribution in [1.29, 1.82) is 0 Å². The van der Waals surface area contributed by atoms with Crippen LogP contribution in [0.2, 0.25) is 0 Å². The summed E-state index contributed by atoms with van der Waals surface area (Å²) in [4.78, 5) is 11.1. The standard InChI is InChI=1S/C9H15BrO2/c1-2-9(5-3-4-6-9)12-8(11)7-10/h2-7H2,1H3. The van der Waals surface area contributed by atoms with E-state index in [4.69, 9.17) is 4.74 Å². The SMILES string of the molecule is CCC1(OC(=O)CBr)CCCC1. The maximum atomic E-state index is 11.1. The predicted molar refractivity (Wildman–Crippen MR) is 51.4 cm³/mol. The second-order valence-corrected chi connectivity index (χ2v) is 3.91. The molecule has 0 spiro atoms. The van der Waals surface area contributed by atoms with Gasteiger partial charge in [-0.3, -0.25) is 4.79 Å². The molecule has 0 bridgehead atoms. The molecule has 1 aliphatic carbocycles. The highest BCUT2D eigenvalue weighted by Crippen LogP contribution is 2.35. The van der Waals surface area contributed by atoms with E-state index in [1.54, 1.807) is 0 Å². The Morgan fingerprint density at radius 1 is 1.50 bits per heavy atom. The molecule has 0 aromatic heterocycles. The second-order valence-electron chi connectivity index (χ2n) is 3.35. The molecule has 0 N–H and O–H groups in total. The number of carbonyl (C=O) groups is 1. The number of hydrogen-bond acceptors (Lipinski definition) is 2. The summed E-state index contributed by atoms with van der Waals surface area (Å²) in [6, 6.07) is 0. The highest BCUT2D eigenvalue weighted by atomic mass is 79.9. The van der Waals surface area contributed by atoms with E-state index in [2.05, 4.69) is 22.9 Å². The topological polar surface area (TPSA) is 26.3 Å². The van der Waals surface area contributed by atoms with E-state index in [9.17, 15) is 4.79 Å². The average Bonchev–Trinajstić information content (AvgIpc) is 2.54. The van der Waals surface area contributed by atoms with Crippen molar-refractivity contribution >= 4 is 21.9 Å². The highest BCUT2D eigenvalue weighted by molar-refractivity contribution is 9.09. The Morgan fingerprint density at radius 2 is 2.08 bits per heavy atom. The zero-order valence-electron chi connectivity index (χ0n) is 7.44. The van der Waals surface area contributed by atoms with Gasteiger partial charge in [-0.15, -0.1) is 0 Å². The van der Waals surface area contributed by atoms with Crippen LogP contribution in [0.15, 0.2) is 0 Å². The van der Waals surface area contributed by atoms with E-state index in [-0.39, 0.29) is 11.6 Å². The molecule has 1 aliphatic rings. The van der Waals surface area contributed by atoms with E-state index in [0.29, 0.717) is 5.33 Å². The maximum absolute atomic E-state index is 11.1. The number of halogens is 1. The second kappa shape index (κ2) is 4.26. The lowest BCUT2D eigenvalue weighted by atomic mass is 9.99. The van der Waals surface area contributed by atoms with Gasteiger partial charge in [-0.1, -0.05) is 22.9 Å². The molecular formula is C9H15BrO2. The number of esters is 1. The zero-order valence-corrected chi connectivity index (χ0v) is 9.02. The van der Waals surface area contributed by atoms with Crippen LogP contribution >= 0.6 is 15.9 Å². The fraction of sp³-hybridized carbons (Fsp3) is 0.889. The third-order valence-corrected chi connectivity index (χ3v) is 3.06. The summed E-state index contributed by atoms with van der Waals surface area (Å²) in [5.74, 6) is -0.126. The van der Waals surface area contributed by atoms with Crippen LogP contribution in [0.3, 0.4) is 0 Å². The molecule has 3 heteroatoms. The smallest absolute Gasteiger partial charge is 0.317 e. The third kappa shape index (κ3) is 2.22. The Balaban J connectivity index is 2.49. The fourth-order valence-electron chi connectivity index (χ4n) is 1.82. The molecule has 0 atom stereocenters. The van der Waals surface area contributed by atoms with Crippen LogP contribution < -0.4 is 0 Å². The molecule has 12 heavy (non-hydrogen) atoms. The van der Waals surface area contributed by atoms with Crippen LogP contribution in [-0.4, -0.2) is 16.9 Å². The van der Waals surface area contributed by atoms with E-state index in [1.165, 1.54) is 12.8 Å². The first-order chi connectivity index (χ1) is 5.72. The molecular weight excluding hydrogens is 220 g/mol. The van der Waals surface area contributed by atoms with Crippen molar-refractivity contribution in [3.8, 4) is 0 Å². The molecule has 2 nitrogen and oxygen atoms in total. The molecule has 70 valence electrons. The van der Waals surface area contributed by atoms with Gasteiger partial charge in [-0.2, -0.15) is 0 Å². The van der Waals surface area contributed by atoms with Crippen molar-refractivity contribution < 1.29 is 9.53 Å².